The quantitative estimate of drug-likeness (QED) is 0.366. The van der Waals surface area contributed by atoms with Gasteiger partial charge in [-0.2, -0.15) is 13.2 Å². The molecule has 6 nitrogen and oxygen atoms in total. The average Bonchev–Trinajstić information content (AvgIpc) is 3.13. The van der Waals surface area contributed by atoms with Gasteiger partial charge in [-0.15, -0.1) is 0 Å². The maximum Gasteiger partial charge on any atom is 0.416 e. The maximum atomic E-state index is 13.9. The number of pyridine rings is 1. The number of halogens is 4. The van der Waals surface area contributed by atoms with Crippen LogP contribution in [0, 0.1) is 5.82 Å². The molecule has 0 unspecified atom stereocenters. The smallest absolute Gasteiger partial charge is 0.384 e. The van der Waals surface area contributed by atoms with Crippen molar-refractivity contribution >= 4 is 34.1 Å². The van der Waals surface area contributed by atoms with Gasteiger partial charge in [0.05, 0.1) is 22.5 Å². The van der Waals surface area contributed by atoms with E-state index < -0.39 is 29.3 Å². The predicted molar refractivity (Wildman–Crippen MR) is 114 cm³/mol. The molecule has 2 heterocycles. The number of rotatable bonds is 4. The normalized spacial score (nSPS) is 11.5. The standard InChI is InChI=1S/C22H17F4N5O/c23-16-5-4-14(22(24,25)26)11-18(16)30-21(32)29-17-2-1-3-19-15(17)7-9-31(19)12-13-6-8-28-20(27)10-13/h1-11H,12H2,(H2,27,28)(H2,29,30,32). The van der Waals surface area contributed by atoms with Crippen LogP contribution in [0.2, 0.25) is 0 Å². The van der Waals surface area contributed by atoms with Gasteiger partial charge in [-0.05, 0) is 54.1 Å². The number of hydrogen-bond donors (Lipinski definition) is 3. The van der Waals surface area contributed by atoms with Crippen molar-refractivity contribution in [2.75, 3.05) is 16.4 Å². The molecule has 2 aromatic heterocycles. The zero-order valence-electron chi connectivity index (χ0n) is 16.4. The number of anilines is 3. The summed E-state index contributed by atoms with van der Waals surface area (Å²) in [6.07, 6.45) is -1.22. The zero-order chi connectivity index (χ0) is 22.9. The van der Waals surface area contributed by atoms with Gasteiger partial charge in [-0.1, -0.05) is 6.07 Å². The molecule has 0 saturated carbocycles. The Kier molecular flexibility index (Phi) is 5.43. The average molecular weight is 443 g/mol. The number of nitrogens with two attached hydrogens (primary N) is 1. The summed E-state index contributed by atoms with van der Waals surface area (Å²) in [4.78, 5) is 16.3. The minimum absolute atomic E-state index is 0.403. The Bertz CT molecular complexity index is 1300. The molecule has 10 heteroatoms. The minimum Gasteiger partial charge on any atom is -0.384 e. The van der Waals surface area contributed by atoms with E-state index in [1.54, 1.807) is 30.5 Å². The lowest BCUT2D eigenvalue weighted by Crippen LogP contribution is -2.20. The van der Waals surface area contributed by atoms with Gasteiger partial charge in [0, 0.05) is 24.3 Å². The molecule has 2 amide bonds. The van der Waals surface area contributed by atoms with Crippen molar-refractivity contribution in [3.8, 4) is 0 Å². The van der Waals surface area contributed by atoms with Gasteiger partial charge in [-0.3, -0.25) is 0 Å². The lowest BCUT2D eigenvalue weighted by Gasteiger charge is -2.12. The summed E-state index contributed by atoms with van der Waals surface area (Å²) >= 11 is 0. The van der Waals surface area contributed by atoms with Crippen molar-refractivity contribution < 1.29 is 22.4 Å². The molecule has 0 radical (unpaired) electrons. The van der Waals surface area contributed by atoms with Gasteiger partial charge >= 0.3 is 12.2 Å². The largest absolute Gasteiger partial charge is 0.416 e. The number of fused-ring (bicyclic) bond motifs is 1. The van der Waals surface area contributed by atoms with Crippen molar-refractivity contribution in [2.24, 2.45) is 0 Å². The van der Waals surface area contributed by atoms with Gasteiger partial charge in [0.15, 0.2) is 0 Å². The van der Waals surface area contributed by atoms with Crippen LogP contribution in [0.1, 0.15) is 11.1 Å². The molecule has 4 rings (SSSR count). The van der Waals surface area contributed by atoms with Crippen LogP contribution in [-0.4, -0.2) is 15.6 Å². The van der Waals surface area contributed by atoms with E-state index in [0.717, 1.165) is 11.1 Å². The van der Waals surface area contributed by atoms with E-state index in [0.29, 0.717) is 41.6 Å². The lowest BCUT2D eigenvalue weighted by molar-refractivity contribution is -0.137. The third kappa shape index (κ3) is 4.48. The summed E-state index contributed by atoms with van der Waals surface area (Å²) in [5, 5.41) is 5.40. The van der Waals surface area contributed by atoms with Crippen LogP contribution in [0.3, 0.4) is 0 Å². The van der Waals surface area contributed by atoms with E-state index in [1.165, 1.54) is 0 Å². The highest BCUT2D eigenvalue weighted by molar-refractivity contribution is 6.05. The second-order valence-electron chi connectivity index (χ2n) is 7.04. The van der Waals surface area contributed by atoms with Crippen LogP contribution in [0.25, 0.3) is 10.9 Å². The van der Waals surface area contributed by atoms with Crippen molar-refractivity contribution in [2.45, 2.75) is 12.7 Å². The van der Waals surface area contributed by atoms with Crippen LogP contribution < -0.4 is 16.4 Å². The Balaban J connectivity index is 1.55. The van der Waals surface area contributed by atoms with Gasteiger partial charge in [0.25, 0.3) is 0 Å². The molecule has 0 aliphatic heterocycles. The maximum absolute atomic E-state index is 13.9. The van der Waals surface area contributed by atoms with Crippen molar-refractivity contribution in [3.05, 3.63) is 83.9 Å². The second-order valence-corrected chi connectivity index (χ2v) is 7.04. The summed E-state index contributed by atoms with van der Waals surface area (Å²) in [7, 11) is 0. The van der Waals surface area contributed by atoms with Crippen LogP contribution in [0.5, 0.6) is 0 Å². The number of nitrogens with one attached hydrogen (secondary N) is 2. The molecule has 0 fully saturated rings. The van der Waals surface area contributed by atoms with Gasteiger partial charge in [0.2, 0.25) is 0 Å². The fourth-order valence-corrected chi connectivity index (χ4v) is 3.33. The fraction of sp³-hybridized carbons (Fsp3) is 0.0909. The molecule has 0 spiro atoms. The summed E-state index contributed by atoms with van der Waals surface area (Å²) in [5.74, 6) is -0.575. The first-order valence-corrected chi connectivity index (χ1v) is 9.44. The summed E-state index contributed by atoms with van der Waals surface area (Å²) in [5.41, 5.74) is 6.25. The number of amides is 2. The molecule has 0 aliphatic rings. The Morgan fingerprint density at radius 3 is 2.56 bits per heavy atom. The molecular weight excluding hydrogens is 426 g/mol. The Hall–Kier alpha value is -4.08. The molecule has 4 N–H and O–H groups in total. The number of alkyl halides is 3. The predicted octanol–water partition coefficient (Wildman–Crippen LogP) is 5.47. The molecule has 32 heavy (non-hydrogen) atoms. The molecule has 4 aromatic rings. The number of carbonyl (C=O) groups is 1. The number of benzene rings is 2. The van der Waals surface area contributed by atoms with Gasteiger partial charge < -0.3 is 20.9 Å². The molecule has 0 bridgehead atoms. The number of aromatic nitrogens is 2. The second kappa shape index (κ2) is 8.22. The van der Waals surface area contributed by atoms with E-state index in [-0.39, 0.29) is 0 Å². The van der Waals surface area contributed by atoms with Gasteiger partial charge in [0.1, 0.15) is 11.6 Å². The number of nitrogens with zero attached hydrogens (tertiary/aromatic N) is 2. The van der Waals surface area contributed by atoms with E-state index >= 15 is 0 Å². The highest BCUT2D eigenvalue weighted by atomic mass is 19.4. The van der Waals surface area contributed by atoms with Crippen LogP contribution in [-0.2, 0) is 12.7 Å². The SMILES string of the molecule is Nc1cc(Cn2ccc3c(NC(=O)Nc4cc(C(F)(F)F)ccc4F)cccc32)ccn1. The molecule has 0 saturated heterocycles. The highest BCUT2D eigenvalue weighted by Gasteiger charge is 2.31. The van der Waals surface area contributed by atoms with E-state index in [4.69, 9.17) is 5.73 Å². The molecule has 0 aliphatic carbocycles. The topological polar surface area (TPSA) is 85.0 Å². The first kappa shape index (κ1) is 21.2. The van der Waals surface area contributed by atoms with Gasteiger partial charge in [-0.25, -0.2) is 14.2 Å². The Labute approximate surface area is 179 Å². The molecule has 0 atom stereocenters. The van der Waals surface area contributed by atoms with E-state index in [2.05, 4.69) is 15.6 Å². The van der Waals surface area contributed by atoms with E-state index in [1.807, 2.05) is 22.9 Å². The van der Waals surface area contributed by atoms with Crippen LogP contribution in [0.4, 0.5) is 39.5 Å². The minimum atomic E-state index is -4.66. The summed E-state index contributed by atoms with van der Waals surface area (Å²) in [6.45, 7) is 0.515. The first-order chi connectivity index (χ1) is 15.2. The van der Waals surface area contributed by atoms with Crippen LogP contribution in [0.15, 0.2) is 67.0 Å². The van der Waals surface area contributed by atoms with Crippen LogP contribution >= 0.6 is 0 Å². The monoisotopic (exact) mass is 443 g/mol. The third-order valence-corrected chi connectivity index (χ3v) is 4.80. The van der Waals surface area contributed by atoms with E-state index in [9.17, 15) is 22.4 Å². The lowest BCUT2D eigenvalue weighted by atomic mass is 10.2. The highest BCUT2D eigenvalue weighted by Crippen LogP contribution is 2.32. The summed E-state index contributed by atoms with van der Waals surface area (Å²) in [6, 6.07) is 11.5. The Morgan fingerprint density at radius 1 is 1.03 bits per heavy atom. The number of hydrogen-bond acceptors (Lipinski definition) is 3. The number of carbonyl (C=O) groups excluding carboxylic acids is 1. The zero-order valence-corrected chi connectivity index (χ0v) is 16.4. The number of urea groups is 1. The summed E-state index contributed by atoms with van der Waals surface area (Å²) < 4.78 is 54.5. The first-order valence-electron chi connectivity index (χ1n) is 9.44. The van der Waals surface area contributed by atoms with Crippen molar-refractivity contribution in [1.82, 2.24) is 9.55 Å². The van der Waals surface area contributed by atoms with Crippen molar-refractivity contribution in [3.63, 3.8) is 0 Å². The Morgan fingerprint density at radius 2 is 1.81 bits per heavy atom. The molecule has 164 valence electrons. The third-order valence-electron chi connectivity index (χ3n) is 4.80. The van der Waals surface area contributed by atoms with Crippen molar-refractivity contribution in [1.29, 1.82) is 0 Å². The number of nitrogen functional groups attached to an aromatic ring is 1. The fourth-order valence-electron chi connectivity index (χ4n) is 3.33. The molecular formula is C22H17F4N5O. The molecule has 2 aromatic carbocycles.